The zero-order valence-corrected chi connectivity index (χ0v) is 14.9. The molecule has 0 spiro atoms. The van der Waals surface area contributed by atoms with E-state index in [1.165, 1.54) is 7.11 Å². The molecule has 1 aromatic carbocycles. The van der Waals surface area contributed by atoms with E-state index in [1.807, 2.05) is 38.1 Å². The summed E-state index contributed by atoms with van der Waals surface area (Å²) in [4.78, 5) is 18.4. The standard InChI is InChI=1S/C18H20ClN3O2/c1-11(2)14-10-9-12(18(23)24-5)17(20-14)21-15-8-6-7-13(19)16(15)22(3)4/h6-10H,1H2,2-5H3,(H,20,21). The topological polar surface area (TPSA) is 54.5 Å². The highest BCUT2D eigenvalue weighted by atomic mass is 35.5. The number of carbonyl (C=O) groups excluding carboxylic acids is 1. The number of hydrogen-bond acceptors (Lipinski definition) is 5. The van der Waals surface area contributed by atoms with Crippen molar-refractivity contribution in [3.8, 4) is 0 Å². The Morgan fingerprint density at radius 1 is 1.29 bits per heavy atom. The van der Waals surface area contributed by atoms with Crippen LogP contribution in [0.5, 0.6) is 0 Å². The summed E-state index contributed by atoms with van der Waals surface area (Å²) < 4.78 is 4.84. The summed E-state index contributed by atoms with van der Waals surface area (Å²) >= 11 is 6.29. The highest BCUT2D eigenvalue weighted by Gasteiger charge is 2.17. The molecule has 0 saturated carbocycles. The van der Waals surface area contributed by atoms with E-state index in [1.54, 1.807) is 18.2 Å². The molecule has 0 bridgehead atoms. The fourth-order valence-corrected chi connectivity index (χ4v) is 2.61. The lowest BCUT2D eigenvalue weighted by Gasteiger charge is -2.20. The first kappa shape index (κ1) is 17.8. The van der Waals surface area contributed by atoms with Crippen LogP contribution in [0.4, 0.5) is 17.2 Å². The van der Waals surface area contributed by atoms with Crippen LogP contribution in [0.3, 0.4) is 0 Å². The van der Waals surface area contributed by atoms with E-state index in [-0.39, 0.29) is 0 Å². The Bertz CT molecular complexity index is 788. The number of methoxy groups -OCH3 is 1. The molecule has 1 N–H and O–H groups in total. The number of carbonyl (C=O) groups is 1. The molecular formula is C18H20ClN3O2. The molecule has 0 unspecified atom stereocenters. The fourth-order valence-electron chi connectivity index (χ4n) is 2.27. The van der Waals surface area contributed by atoms with Gasteiger partial charge in [-0.1, -0.05) is 24.2 Å². The van der Waals surface area contributed by atoms with Crippen LogP contribution in [0.2, 0.25) is 5.02 Å². The minimum Gasteiger partial charge on any atom is -0.465 e. The highest BCUT2D eigenvalue weighted by molar-refractivity contribution is 6.34. The van der Waals surface area contributed by atoms with Gasteiger partial charge in [0.05, 0.1) is 29.2 Å². The largest absolute Gasteiger partial charge is 0.465 e. The molecule has 0 amide bonds. The van der Waals surface area contributed by atoms with Crippen molar-refractivity contribution in [2.24, 2.45) is 0 Å². The molecule has 2 aromatic rings. The van der Waals surface area contributed by atoms with E-state index in [9.17, 15) is 4.79 Å². The van der Waals surface area contributed by atoms with Crippen LogP contribution < -0.4 is 10.2 Å². The SMILES string of the molecule is C=C(C)c1ccc(C(=O)OC)c(Nc2cccc(Cl)c2N(C)C)n1. The summed E-state index contributed by atoms with van der Waals surface area (Å²) in [5, 5.41) is 3.79. The zero-order chi connectivity index (χ0) is 17.9. The highest BCUT2D eigenvalue weighted by Crippen LogP contribution is 2.35. The number of aromatic nitrogens is 1. The van der Waals surface area contributed by atoms with Crippen LogP contribution in [-0.4, -0.2) is 32.2 Å². The van der Waals surface area contributed by atoms with Crippen molar-refractivity contribution in [3.63, 3.8) is 0 Å². The second kappa shape index (κ2) is 7.36. The smallest absolute Gasteiger partial charge is 0.341 e. The van der Waals surface area contributed by atoms with Gasteiger partial charge in [0.2, 0.25) is 0 Å². The summed E-state index contributed by atoms with van der Waals surface area (Å²) in [5.41, 5.74) is 3.38. The van der Waals surface area contributed by atoms with E-state index >= 15 is 0 Å². The molecular weight excluding hydrogens is 326 g/mol. The fraction of sp³-hybridized carbons (Fsp3) is 0.222. The number of esters is 1. The maximum Gasteiger partial charge on any atom is 0.341 e. The molecule has 6 heteroatoms. The maximum atomic E-state index is 12.0. The Morgan fingerprint density at radius 3 is 2.58 bits per heavy atom. The van der Waals surface area contributed by atoms with Gasteiger partial charge in [0.1, 0.15) is 11.4 Å². The first-order chi connectivity index (χ1) is 11.3. The maximum absolute atomic E-state index is 12.0. The van der Waals surface area contributed by atoms with E-state index in [0.29, 0.717) is 22.1 Å². The van der Waals surface area contributed by atoms with Crippen molar-refractivity contribution < 1.29 is 9.53 Å². The molecule has 0 aliphatic rings. The quantitative estimate of drug-likeness (QED) is 0.816. The van der Waals surface area contributed by atoms with Gasteiger partial charge < -0.3 is 15.0 Å². The minimum absolute atomic E-state index is 0.340. The van der Waals surface area contributed by atoms with Gasteiger partial charge in [0.25, 0.3) is 0 Å². The summed E-state index contributed by atoms with van der Waals surface area (Å²) in [7, 11) is 5.13. The second-order valence-corrected chi connectivity index (χ2v) is 5.93. The Kier molecular flexibility index (Phi) is 5.46. The van der Waals surface area contributed by atoms with Gasteiger partial charge in [0.15, 0.2) is 0 Å². The average Bonchev–Trinajstić information content (AvgIpc) is 2.53. The summed E-state index contributed by atoms with van der Waals surface area (Å²) in [5.74, 6) is -0.0700. The predicted octanol–water partition coefficient (Wildman–Crippen LogP) is 4.36. The number of nitrogens with zero attached hydrogens (tertiary/aromatic N) is 2. The number of hydrogen-bond donors (Lipinski definition) is 1. The van der Waals surface area contributed by atoms with Crippen LogP contribution in [0.1, 0.15) is 23.0 Å². The predicted molar refractivity (Wildman–Crippen MR) is 99.3 cm³/mol. The third-order valence-corrected chi connectivity index (χ3v) is 3.73. The first-order valence-electron chi connectivity index (χ1n) is 7.33. The lowest BCUT2D eigenvalue weighted by Crippen LogP contribution is -2.13. The first-order valence-corrected chi connectivity index (χ1v) is 7.71. The van der Waals surface area contributed by atoms with Gasteiger partial charge in [-0.25, -0.2) is 9.78 Å². The molecule has 126 valence electrons. The lowest BCUT2D eigenvalue weighted by molar-refractivity contribution is 0.0601. The number of pyridine rings is 1. The Hall–Kier alpha value is -2.53. The molecule has 5 nitrogen and oxygen atoms in total. The van der Waals surface area contributed by atoms with Crippen molar-refractivity contribution in [2.75, 3.05) is 31.4 Å². The summed E-state index contributed by atoms with van der Waals surface area (Å²) in [6.45, 7) is 5.75. The average molecular weight is 346 g/mol. The van der Waals surface area contributed by atoms with Crippen molar-refractivity contribution in [1.29, 1.82) is 0 Å². The number of allylic oxidation sites excluding steroid dienone is 1. The van der Waals surface area contributed by atoms with E-state index in [0.717, 1.165) is 16.9 Å². The van der Waals surface area contributed by atoms with Crippen molar-refractivity contribution in [3.05, 3.63) is 53.2 Å². The summed E-state index contributed by atoms with van der Waals surface area (Å²) in [6, 6.07) is 8.92. The van der Waals surface area contributed by atoms with Gasteiger partial charge in [-0.2, -0.15) is 0 Å². The van der Waals surface area contributed by atoms with Crippen LogP contribution in [0.15, 0.2) is 36.9 Å². The number of nitrogens with one attached hydrogen (secondary N) is 1. The number of anilines is 3. The van der Waals surface area contributed by atoms with Crippen LogP contribution >= 0.6 is 11.6 Å². The second-order valence-electron chi connectivity index (χ2n) is 5.52. The van der Waals surface area contributed by atoms with E-state index in [2.05, 4.69) is 16.9 Å². The minimum atomic E-state index is -0.466. The molecule has 0 radical (unpaired) electrons. The lowest BCUT2D eigenvalue weighted by atomic mass is 10.1. The third-order valence-electron chi connectivity index (χ3n) is 3.42. The van der Waals surface area contributed by atoms with Crippen LogP contribution in [0.25, 0.3) is 5.57 Å². The number of ether oxygens (including phenoxy) is 1. The molecule has 0 saturated heterocycles. The molecule has 2 rings (SSSR count). The van der Waals surface area contributed by atoms with Crippen molar-refractivity contribution in [1.82, 2.24) is 4.98 Å². The van der Waals surface area contributed by atoms with Gasteiger partial charge in [-0.05, 0) is 36.8 Å². The number of rotatable bonds is 5. The molecule has 1 heterocycles. The van der Waals surface area contributed by atoms with Gasteiger partial charge >= 0.3 is 5.97 Å². The molecule has 24 heavy (non-hydrogen) atoms. The van der Waals surface area contributed by atoms with Crippen LogP contribution in [-0.2, 0) is 4.74 Å². The van der Waals surface area contributed by atoms with Crippen molar-refractivity contribution >= 4 is 40.3 Å². The molecule has 1 aromatic heterocycles. The molecule has 0 aliphatic carbocycles. The zero-order valence-electron chi connectivity index (χ0n) is 14.2. The Balaban J connectivity index is 2.56. The summed E-state index contributed by atoms with van der Waals surface area (Å²) in [6.07, 6.45) is 0. The third kappa shape index (κ3) is 3.68. The Morgan fingerprint density at radius 2 is 2.00 bits per heavy atom. The van der Waals surface area contributed by atoms with Gasteiger partial charge in [-0.15, -0.1) is 0 Å². The van der Waals surface area contributed by atoms with Gasteiger partial charge in [0, 0.05) is 14.1 Å². The van der Waals surface area contributed by atoms with Crippen LogP contribution in [0, 0.1) is 0 Å². The molecule has 0 atom stereocenters. The number of para-hydroxylation sites is 1. The number of benzene rings is 1. The van der Waals surface area contributed by atoms with E-state index < -0.39 is 5.97 Å². The molecule has 0 aliphatic heterocycles. The normalized spacial score (nSPS) is 10.2. The Labute approximate surface area is 146 Å². The monoisotopic (exact) mass is 345 g/mol. The van der Waals surface area contributed by atoms with Gasteiger partial charge in [-0.3, -0.25) is 0 Å². The van der Waals surface area contributed by atoms with Crippen molar-refractivity contribution in [2.45, 2.75) is 6.92 Å². The molecule has 0 fully saturated rings. The number of halogens is 1. The van der Waals surface area contributed by atoms with E-state index in [4.69, 9.17) is 16.3 Å².